The van der Waals surface area contributed by atoms with Crippen molar-refractivity contribution in [2.45, 2.75) is 68.5 Å². The van der Waals surface area contributed by atoms with Crippen molar-refractivity contribution in [3.05, 3.63) is 0 Å². The first-order valence-electron chi connectivity index (χ1n) is 9.93. The predicted octanol–water partition coefficient (Wildman–Crippen LogP) is 1.27. The molecule has 5 rings (SSSR count). The molecule has 1 amide bonds. The van der Waals surface area contributed by atoms with Gasteiger partial charge in [-0.2, -0.15) is 5.26 Å². The SMILES string of the molecule is N#C[C@@H]1CCCN1C(=O)CNC12CCC(N3CCOCC3)(CC1)CC2. The van der Waals surface area contributed by atoms with Crippen LogP contribution < -0.4 is 5.32 Å². The van der Waals surface area contributed by atoms with Crippen molar-refractivity contribution in [3.63, 3.8) is 0 Å². The number of likely N-dealkylation sites (tertiary alicyclic amines) is 1. The summed E-state index contributed by atoms with van der Waals surface area (Å²) in [6.07, 6.45) is 8.99. The molecule has 0 radical (unpaired) electrons. The van der Waals surface area contributed by atoms with E-state index in [9.17, 15) is 10.1 Å². The smallest absolute Gasteiger partial charge is 0.237 e. The Bertz CT molecular complexity index is 528. The molecule has 0 unspecified atom stereocenters. The number of nitrogens with zero attached hydrogens (tertiary/aromatic N) is 3. The van der Waals surface area contributed by atoms with Crippen LogP contribution in [0.1, 0.15) is 51.4 Å². The number of morpholine rings is 1. The minimum absolute atomic E-state index is 0.106. The van der Waals surface area contributed by atoms with Crippen LogP contribution in [0.25, 0.3) is 0 Å². The second-order valence-electron chi connectivity index (χ2n) is 8.33. The predicted molar refractivity (Wildman–Crippen MR) is 93.9 cm³/mol. The van der Waals surface area contributed by atoms with Crippen LogP contribution in [0, 0.1) is 11.3 Å². The first-order valence-corrected chi connectivity index (χ1v) is 9.93. The van der Waals surface area contributed by atoms with Crippen molar-refractivity contribution >= 4 is 5.91 Å². The van der Waals surface area contributed by atoms with E-state index in [1.807, 2.05) is 0 Å². The fourth-order valence-electron chi connectivity index (χ4n) is 5.51. The van der Waals surface area contributed by atoms with Gasteiger partial charge in [-0.05, 0) is 51.4 Å². The van der Waals surface area contributed by atoms with Crippen molar-refractivity contribution < 1.29 is 9.53 Å². The van der Waals surface area contributed by atoms with Gasteiger partial charge in [-0.15, -0.1) is 0 Å². The molecule has 0 aromatic carbocycles. The molecule has 2 saturated heterocycles. The molecule has 3 saturated carbocycles. The Morgan fingerprint density at radius 3 is 2.44 bits per heavy atom. The summed E-state index contributed by atoms with van der Waals surface area (Å²) in [5.41, 5.74) is 0.531. The summed E-state index contributed by atoms with van der Waals surface area (Å²) in [4.78, 5) is 17.0. The summed E-state index contributed by atoms with van der Waals surface area (Å²) in [5, 5.41) is 12.8. The van der Waals surface area contributed by atoms with Gasteiger partial charge in [0.25, 0.3) is 0 Å². The van der Waals surface area contributed by atoms with Crippen LogP contribution in [0.2, 0.25) is 0 Å². The van der Waals surface area contributed by atoms with Gasteiger partial charge in [0.05, 0.1) is 25.8 Å². The second kappa shape index (κ2) is 6.86. The lowest BCUT2D eigenvalue weighted by Crippen LogP contribution is -2.65. The zero-order valence-corrected chi connectivity index (χ0v) is 15.1. The highest BCUT2D eigenvalue weighted by atomic mass is 16.5. The summed E-state index contributed by atoms with van der Waals surface area (Å²) >= 11 is 0. The molecular formula is C19H30N4O2. The Balaban J connectivity index is 1.32. The van der Waals surface area contributed by atoms with Gasteiger partial charge in [0.2, 0.25) is 5.91 Å². The Kier molecular flexibility index (Phi) is 4.74. The van der Waals surface area contributed by atoms with E-state index in [1.165, 1.54) is 38.5 Å². The third-order valence-corrected chi connectivity index (χ3v) is 7.23. The molecule has 0 aromatic heterocycles. The maximum Gasteiger partial charge on any atom is 0.237 e. The molecule has 3 aliphatic carbocycles. The van der Waals surface area contributed by atoms with Crippen LogP contribution >= 0.6 is 0 Å². The average molecular weight is 346 g/mol. The topological polar surface area (TPSA) is 68.6 Å². The molecule has 0 aromatic rings. The zero-order valence-electron chi connectivity index (χ0n) is 15.1. The summed E-state index contributed by atoms with van der Waals surface area (Å²) in [5.74, 6) is 0.106. The number of amides is 1. The molecule has 2 heterocycles. The Hall–Kier alpha value is -1.16. The monoisotopic (exact) mass is 346 g/mol. The highest BCUT2D eigenvalue weighted by Gasteiger charge is 2.51. The maximum atomic E-state index is 12.5. The number of nitrogens with one attached hydrogen (secondary N) is 1. The van der Waals surface area contributed by atoms with Gasteiger partial charge in [0, 0.05) is 30.7 Å². The molecule has 2 aliphatic heterocycles. The van der Waals surface area contributed by atoms with Gasteiger partial charge in [0.1, 0.15) is 6.04 Å². The number of nitriles is 1. The molecular weight excluding hydrogens is 316 g/mol. The number of fused-ring (bicyclic) bond motifs is 3. The maximum absolute atomic E-state index is 12.5. The Morgan fingerprint density at radius 2 is 1.80 bits per heavy atom. The third kappa shape index (κ3) is 3.18. The average Bonchev–Trinajstić information content (AvgIpc) is 3.17. The first-order chi connectivity index (χ1) is 12.2. The van der Waals surface area contributed by atoms with Crippen LogP contribution in [0.4, 0.5) is 0 Å². The van der Waals surface area contributed by atoms with Gasteiger partial charge in [0.15, 0.2) is 0 Å². The minimum Gasteiger partial charge on any atom is -0.379 e. The number of ether oxygens (including phenoxy) is 1. The molecule has 0 spiro atoms. The van der Waals surface area contributed by atoms with E-state index in [0.717, 1.165) is 45.7 Å². The lowest BCUT2D eigenvalue weighted by atomic mass is 9.60. The highest BCUT2D eigenvalue weighted by Crippen LogP contribution is 2.49. The lowest BCUT2D eigenvalue weighted by molar-refractivity contribution is -0.131. The summed E-state index contributed by atoms with van der Waals surface area (Å²) in [7, 11) is 0. The molecule has 5 aliphatic rings. The van der Waals surface area contributed by atoms with E-state index in [2.05, 4.69) is 16.3 Å². The molecule has 2 bridgehead atoms. The molecule has 138 valence electrons. The number of rotatable bonds is 4. The van der Waals surface area contributed by atoms with Crippen LogP contribution in [-0.2, 0) is 9.53 Å². The second-order valence-corrected chi connectivity index (χ2v) is 8.33. The highest BCUT2D eigenvalue weighted by molar-refractivity contribution is 5.79. The van der Waals surface area contributed by atoms with Crippen LogP contribution in [0.15, 0.2) is 0 Å². The van der Waals surface area contributed by atoms with E-state index in [0.29, 0.717) is 12.1 Å². The van der Waals surface area contributed by atoms with E-state index in [4.69, 9.17) is 4.74 Å². The van der Waals surface area contributed by atoms with Crippen LogP contribution in [0.3, 0.4) is 0 Å². The molecule has 5 fully saturated rings. The quantitative estimate of drug-likeness (QED) is 0.830. The Morgan fingerprint density at radius 1 is 1.12 bits per heavy atom. The largest absolute Gasteiger partial charge is 0.379 e. The fraction of sp³-hybridized carbons (Fsp3) is 0.895. The lowest BCUT2D eigenvalue weighted by Gasteiger charge is -2.58. The normalized spacial score (nSPS) is 38.7. The van der Waals surface area contributed by atoms with Crippen molar-refractivity contribution in [1.29, 1.82) is 5.26 Å². The molecule has 6 heteroatoms. The van der Waals surface area contributed by atoms with Gasteiger partial charge >= 0.3 is 0 Å². The standard InChI is InChI=1S/C19H30N4O2/c20-14-16-2-1-9-23(16)17(24)15-21-18-3-6-19(7-4-18,8-5-18)22-10-12-25-13-11-22/h16,21H,1-13,15H2/t16-,18?,19?/m0/s1. The third-order valence-electron chi connectivity index (χ3n) is 7.23. The summed E-state index contributed by atoms with van der Waals surface area (Å²) in [6.45, 7) is 5.02. The van der Waals surface area contributed by atoms with Crippen LogP contribution in [0.5, 0.6) is 0 Å². The fourth-order valence-corrected chi connectivity index (χ4v) is 5.51. The van der Waals surface area contributed by atoms with Crippen molar-refractivity contribution in [2.24, 2.45) is 0 Å². The molecule has 25 heavy (non-hydrogen) atoms. The summed E-state index contributed by atoms with van der Waals surface area (Å²) in [6, 6.07) is 2.06. The number of hydrogen-bond donors (Lipinski definition) is 1. The molecule has 1 atom stereocenters. The van der Waals surface area contributed by atoms with Gasteiger partial charge in [-0.1, -0.05) is 0 Å². The van der Waals surface area contributed by atoms with Crippen LogP contribution in [-0.4, -0.2) is 72.2 Å². The summed E-state index contributed by atoms with van der Waals surface area (Å²) < 4.78 is 5.53. The number of carbonyl (C=O) groups is 1. The van der Waals surface area contributed by atoms with Gasteiger partial charge in [-0.3, -0.25) is 9.69 Å². The van der Waals surface area contributed by atoms with Crippen molar-refractivity contribution in [3.8, 4) is 6.07 Å². The van der Waals surface area contributed by atoms with E-state index in [-0.39, 0.29) is 17.5 Å². The van der Waals surface area contributed by atoms with E-state index < -0.39 is 0 Å². The first kappa shape index (κ1) is 17.3. The Labute approximate surface area is 150 Å². The van der Waals surface area contributed by atoms with E-state index >= 15 is 0 Å². The molecule has 1 N–H and O–H groups in total. The van der Waals surface area contributed by atoms with Gasteiger partial charge < -0.3 is 15.0 Å². The van der Waals surface area contributed by atoms with Crippen molar-refractivity contribution in [2.75, 3.05) is 39.4 Å². The minimum atomic E-state index is -0.210. The molecule has 6 nitrogen and oxygen atoms in total. The van der Waals surface area contributed by atoms with Crippen molar-refractivity contribution in [1.82, 2.24) is 15.1 Å². The number of hydrogen-bond acceptors (Lipinski definition) is 5. The van der Waals surface area contributed by atoms with E-state index in [1.54, 1.807) is 4.90 Å². The van der Waals surface area contributed by atoms with Gasteiger partial charge in [-0.25, -0.2) is 0 Å². The number of carbonyl (C=O) groups excluding carboxylic acids is 1. The zero-order chi connectivity index (χ0) is 17.3.